The molecule has 4 N–H and O–H groups in total. The van der Waals surface area contributed by atoms with Gasteiger partial charge in [0.25, 0.3) is 5.91 Å². The fourth-order valence-corrected chi connectivity index (χ4v) is 2.45. The van der Waals surface area contributed by atoms with Crippen LogP contribution >= 0.6 is 28.1 Å². The highest BCUT2D eigenvalue weighted by Crippen LogP contribution is 2.23. The van der Waals surface area contributed by atoms with Gasteiger partial charge in [-0.3, -0.25) is 4.79 Å². The first kappa shape index (κ1) is 15.5. The van der Waals surface area contributed by atoms with E-state index in [4.69, 9.17) is 18.0 Å². The van der Waals surface area contributed by atoms with Crippen LogP contribution in [0.4, 0.5) is 5.69 Å². The molecule has 0 bridgehead atoms. The van der Waals surface area contributed by atoms with E-state index in [0.717, 1.165) is 4.47 Å². The normalized spacial score (nSPS) is 10.2. The fourth-order valence-electron chi connectivity index (χ4n) is 1.92. The first-order chi connectivity index (χ1) is 9.88. The van der Waals surface area contributed by atoms with E-state index in [1.165, 1.54) is 12.1 Å². The number of carbonyl (C=O) groups excluding carboxylic acids is 1. The number of aromatic hydroxyl groups is 1. The molecule has 2 aromatic rings. The summed E-state index contributed by atoms with van der Waals surface area (Å²) in [5, 5.41) is 12.2. The van der Waals surface area contributed by atoms with E-state index in [0.29, 0.717) is 22.4 Å². The topological polar surface area (TPSA) is 75.3 Å². The summed E-state index contributed by atoms with van der Waals surface area (Å²) in [4.78, 5) is 12.5. The van der Waals surface area contributed by atoms with Crippen LogP contribution in [0.5, 0.6) is 5.75 Å². The van der Waals surface area contributed by atoms with Crippen LogP contribution in [-0.4, -0.2) is 16.0 Å². The van der Waals surface area contributed by atoms with Gasteiger partial charge in [0.05, 0.1) is 5.69 Å². The smallest absolute Gasteiger partial charge is 0.255 e. The summed E-state index contributed by atoms with van der Waals surface area (Å²) in [6.45, 7) is 1.75. The number of nitrogens with one attached hydrogen (secondary N) is 1. The first-order valence-electron chi connectivity index (χ1n) is 6.09. The maximum Gasteiger partial charge on any atom is 0.255 e. The van der Waals surface area contributed by atoms with E-state index in [2.05, 4.69) is 21.2 Å². The third-order valence-corrected chi connectivity index (χ3v) is 3.66. The number of thiocarbonyl (C=S) groups is 1. The minimum Gasteiger partial charge on any atom is -0.508 e. The maximum atomic E-state index is 12.3. The Morgan fingerprint density at radius 3 is 2.57 bits per heavy atom. The molecule has 0 saturated carbocycles. The molecule has 0 aliphatic rings. The lowest BCUT2D eigenvalue weighted by atomic mass is 10.1. The fraction of sp³-hybridized carbons (Fsp3) is 0.0667. The van der Waals surface area contributed by atoms with Gasteiger partial charge in [-0.05, 0) is 48.9 Å². The molecule has 0 aliphatic heterocycles. The molecule has 108 valence electrons. The summed E-state index contributed by atoms with van der Waals surface area (Å²) >= 11 is 8.33. The molecule has 0 spiro atoms. The van der Waals surface area contributed by atoms with Gasteiger partial charge in [-0.2, -0.15) is 0 Å². The van der Waals surface area contributed by atoms with Gasteiger partial charge < -0.3 is 16.2 Å². The second-order valence-electron chi connectivity index (χ2n) is 4.51. The van der Waals surface area contributed by atoms with Gasteiger partial charge in [0.1, 0.15) is 10.7 Å². The van der Waals surface area contributed by atoms with Gasteiger partial charge in [0.15, 0.2) is 0 Å². The standard InChI is InChI=1S/C15H13BrN2O2S/c1-8-6-10(19)3-4-11(8)15(20)18-13-5-2-9(16)7-12(13)14(17)21/h2-7,19H,1H3,(H2,17,21)(H,18,20). The number of hydrogen-bond donors (Lipinski definition) is 3. The van der Waals surface area contributed by atoms with Gasteiger partial charge in [-0.1, -0.05) is 28.1 Å². The predicted octanol–water partition coefficient (Wildman–Crippen LogP) is 3.35. The van der Waals surface area contributed by atoms with Crippen molar-refractivity contribution in [2.24, 2.45) is 5.73 Å². The van der Waals surface area contributed by atoms with Gasteiger partial charge in [-0.25, -0.2) is 0 Å². The number of rotatable bonds is 3. The molecular formula is C15H13BrN2O2S. The number of phenols is 1. The van der Waals surface area contributed by atoms with Crippen LogP contribution in [0, 0.1) is 6.92 Å². The Morgan fingerprint density at radius 2 is 1.95 bits per heavy atom. The quantitative estimate of drug-likeness (QED) is 0.730. The number of nitrogens with two attached hydrogens (primary N) is 1. The zero-order valence-electron chi connectivity index (χ0n) is 11.2. The highest BCUT2D eigenvalue weighted by atomic mass is 79.9. The average Bonchev–Trinajstić information content (AvgIpc) is 2.40. The molecule has 1 amide bonds. The minimum atomic E-state index is -0.285. The summed E-state index contributed by atoms with van der Waals surface area (Å²) in [6.07, 6.45) is 0. The molecule has 0 radical (unpaired) electrons. The average molecular weight is 365 g/mol. The highest BCUT2D eigenvalue weighted by Gasteiger charge is 2.13. The van der Waals surface area contributed by atoms with Crippen LogP contribution in [0.15, 0.2) is 40.9 Å². The number of halogens is 1. The Labute approximate surface area is 136 Å². The van der Waals surface area contributed by atoms with E-state index in [-0.39, 0.29) is 16.6 Å². The van der Waals surface area contributed by atoms with Crippen molar-refractivity contribution in [3.8, 4) is 5.75 Å². The van der Waals surface area contributed by atoms with Gasteiger partial charge in [0.2, 0.25) is 0 Å². The Kier molecular flexibility index (Phi) is 4.59. The van der Waals surface area contributed by atoms with Crippen LogP contribution in [0.2, 0.25) is 0 Å². The molecule has 2 aromatic carbocycles. The Hall–Kier alpha value is -1.92. The highest BCUT2D eigenvalue weighted by molar-refractivity contribution is 9.10. The molecule has 0 heterocycles. The zero-order valence-corrected chi connectivity index (χ0v) is 13.6. The molecule has 0 fully saturated rings. The third-order valence-electron chi connectivity index (χ3n) is 2.95. The summed E-state index contributed by atoms with van der Waals surface area (Å²) in [6, 6.07) is 9.84. The van der Waals surface area contributed by atoms with E-state index < -0.39 is 0 Å². The predicted molar refractivity (Wildman–Crippen MR) is 90.8 cm³/mol. The Balaban J connectivity index is 2.34. The lowest BCUT2D eigenvalue weighted by molar-refractivity contribution is 0.102. The molecule has 2 rings (SSSR count). The SMILES string of the molecule is Cc1cc(O)ccc1C(=O)Nc1ccc(Br)cc1C(N)=S. The zero-order chi connectivity index (χ0) is 15.6. The largest absolute Gasteiger partial charge is 0.508 e. The minimum absolute atomic E-state index is 0.122. The van der Waals surface area contributed by atoms with Crippen LogP contribution in [0.3, 0.4) is 0 Å². The van der Waals surface area contributed by atoms with Crippen LogP contribution < -0.4 is 11.1 Å². The number of amides is 1. The van der Waals surface area contributed by atoms with Crippen molar-refractivity contribution in [2.75, 3.05) is 5.32 Å². The van der Waals surface area contributed by atoms with Crippen molar-refractivity contribution < 1.29 is 9.90 Å². The molecule has 4 nitrogen and oxygen atoms in total. The number of aryl methyl sites for hydroxylation is 1. The van der Waals surface area contributed by atoms with Crippen LogP contribution in [0.25, 0.3) is 0 Å². The van der Waals surface area contributed by atoms with Crippen molar-refractivity contribution in [3.05, 3.63) is 57.6 Å². The molecule has 6 heteroatoms. The molecule has 0 unspecified atom stereocenters. The molecule has 0 aromatic heterocycles. The van der Waals surface area contributed by atoms with Crippen LogP contribution in [-0.2, 0) is 0 Å². The summed E-state index contributed by atoms with van der Waals surface area (Å²) < 4.78 is 0.823. The van der Waals surface area contributed by atoms with Crippen molar-refractivity contribution in [2.45, 2.75) is 6.92 Å². The van der Waals surface area contributed by atoms with E-state index in [1.54, 1.807) is 31.2 Å². The lowest BCUT2D eigenvalue weighted by Gasteiger charge is -2.12. The number of benzene rings is 2. The van der Waals surface area contributed by atoms with Crippen LogP contribution in [0.1, 0.15) is 21.5 Å². The third kappa shape index (κ3) is 3.59. The van der Waals surface area contributed by atoms with E-state index >= 15 is 0 Å². The van der Waals surface area contributed by atoms with E-state index in [1.807, 2.05) is 0 Å². The monoisotopic (exact) mass is 364 g/mol. The number of hydrogen-bond acceptors (Lipinski definition) is 3. The molecule has 0 atom stereocenters. The molecule has 0 saturated heterocycles. The summed E-state index contributed by atoms with van der Waals surface area (Å²) in [7, 11) is 0. The maximum absolute atomic E-state index is 12.3. The second kappa shape index (κ2) is 6.24. The number of phenolic OH excluding ortho intramolecular Hbond substituents is 1. The van der Waals surface area contributed by atoms with Gasteiger partial charge in [-0.15, -0.1) is 0 Å². The van der Waals surface area contributed by atoms with Gasteiger partial charge in [0, 0.05) is 15.6 Å². The van der Waals surface area contributed by atoms with Crippen molar-refractivity contribution in [1.29, 1.82) is 0 Å². The summed E-state index contributed by atoms with van der Waals surface area (Å²) in [5.41, 5.74) is 7.96. The summed E-state index contributed by atoms with van der Waals surface area (Å²) in [5.74, 6) is -0.163. The van der Waals surface area contributed by atoms with Crippen molar-refractivity contribution in [3.63, 3.8) is 0 Å². The Morgan fingerprint density at radius 1 is 1.24 bits per heavy atom. The number of anilines is 1. The number of carbonyl (C=O) groups is 1. The first-order valence-corrected chi connectivity index (χ1v) is 7.29. The van der Waals surface area contributed by atoms with Crippen molar-refractivity contribution >= 4 is 44.7 Å². The molecule has 0 aliphatic carbocycles. The van der Waals surface area contributed by atoms with E-state index in [9.17, 15) is 9.90 Å². The second-order valence-corrected chi connectivity index (χ2v) is 5.86. The molecule has 21 heavy (non-hydrogen) atoms. The Bertz CT molecular complexity index is 732. The molecular weight excluding hydrogens is 352 g/mol. The van der Waals surface area contributed by atoms with Gasteiger partial charge >= 0.3 is 0 Å². The van der Waals surface area contributed by atoms with Crippen molar-refractivity contribution in [1.82, 2.24) is 0 Å². The lowest BCUT2D eigenvalue weighted by Crippen LogP contribution is -2.18.